The second-order valence-electron chi connectivity index (χ2n) is 4.63. The molecule has 0 saturated carbocycles. The van der Waals surface area contributed by atoms with Gasteiger partial charge in [0.1, 0.15) is 0 Å². The second-order valence-corrected chi connectivity index (χ2v) is 4.63. The number of aryl methyl sites for hydroxylation is 1. The maximum Gasteiger partial charge on any atom is 0.360 e. The summed E-state index contributed by atoms with van der Waals surface area (Å²) < 4.78 is 6.21. The van der Waals surface area contributed by atoms with E-state index in [0.29, 0.717) is 11.4 Å². The van der Waals surface area contributed by atoms with Gasteiger partial charge in [0, 0.05) is 7.05 Å². The number of esters is 1. The molecule has 0 aliphatic carbocycles. The first-order chi connectivity index (χ1) is 10.0. The van der Waals surface area contributed by atoms with Crippen LogP contribution in [-0.2, 0) is 23.0 Å². The maximum atomic E-state index is 12.1. The van der Waals surface area contributed by atoms with E-state index >= 15 is 0 Å². The summed E-state index contributed by atoms with van der Waals surface area (Å²) in [6.45, 7) is 1.78. The fraction of sp³-hybridized carbons (Fsp3) is 0.267. The van der Waals surface area contributed by atoms with E-state index in [1.165, 1.54) is 11.8 Å². The number of hydrogen-bond acceptors (Lipinski definition) is 4. The average molecular weight is 287 g/mol. The number of hydrogen-bond donors (Lipinski definition) is 1. The molecule has 0 saturated heterocycles. The number of carbonyl (C=O) groups excluding carboxylic acids is 2. The number of amides is 1. The van der Waals surface area contributed by atoms with Crippen LogP contribution in [0.4, 0.5) is 5.69 Å². The molecule has 110 valence electrons. The molecular weight excluding hydrogens is 270 g/mol. The highest BCUT2D eigenvalue weighted by Gasteiger charge is 2.21. The normalized spacial score (nSPS) is 10.2. The smallest absolute Gasteiger partial charge is 0.360 e. The quantitative estimate of drug-likeness (QED) is 0.869. The third-order valence-corrected chi connectivity index (χ3v) is 3.18. The van der Waals surface area contributed by atoms with Crippen molar-refractivity contribution in [1.82, 2.24) is 9.78 Å². The molecule has 0 spiro atoms. The van der Waals surface area contributed by atoms with Crippen LogP contribution in [0.1, 0.15) is 21.7 Å². The number of methoxy groups -OCH3 is 1. The minimum atomic E-state index is -0.575. The van der Waals surface area contributed by atoms with Gasteiger partial charge in [-0.1, -0.05) is 30.3 Å². The minimum Gasteiger partial charge on any atom is -0.464 e. The van der Waals surface area contributed by atoms with Gasteiger partial charge >= 0.3 is 5.97 Å². The molecule has 1 amide bonds. The lowest BCUT2D eigenvalue weighted by Gasteiger charge is -2.06. The Morgan fingerprint density at radius 1 is 1.29 bits per heavy atom. The summed E-state index contributed by atoms with van der Waals surface area (Å²) in [5.41, 5.74) is 2.09. The average Bonchev–Trinajstić information content (AvgIpc) is 2.76. The predicted molar refractivity (Wildman–Crippen MR) is 78.1 cm³/mol. The first-order valence-electron chi connectivity index (χ1n) is 6.48. The highest BCUT2D eigenvalue weighted by molar-refractivity contribution is 6.01. The van der Waals surface area contributed by atoms with Gasteiger partial charge in [-0.15, -0.1) is 0 Å². The number of nitrogens with zero attached hydrogens (tertiary/aromatic N) is 2. The number of benzene rings is 1. The van der Waals surface area contributed by atoms with Crippen molar-refractivity contribution in [3.8, 4) is 0 Å². The topological polar surface area (TPSA) is 73.2 Å². The molecule has 2 rings (SSSR count). The Kier molecular flexibility index (Phi) is 4.37. The van der Waals surface area contributed by atoms with Crippen molar-refractivity contribution in [3.63, 3.8) is 0 Å². The Hall–Kier alpha value is -2.63. The largest absolute Gasteiger partial charge is 0.464 e. The van der Waals surface area contributed by atoms with Crippen molar-refractivity contribution in [2.45, 2.75) is 13.3 Å². The van der Waals surface area contributed by atoms with Crippen LogP contribution in [0, 0.1) is 6.92 Å². The first-order valence-corrected chi connectivity index (χ1v) is 6.48. The molecule has 0 fully saturated rings. The molecule has 1 aromatic carbocycles. The van der Waals surface area contributed by atoms with Crippen LogP contribution in [0.5, 0.6) is 0 Å². The Morgan fingerprint density at radius 2 is 1.95 bits per heavy atom. The zero-order valence-electron chi connectivity index (χ0n) is 12.2. The van der Waals surface area contributed by atoms with Crippen molar-refractivity contribution in [2.75, 3.05) is 12.4 Å². The van der Waals surface area contributed by atoms with E-state index in [0.717, 1.165) is 5.56 Å². The predicted octanol–water partition coefficient (Wildman–Crippen LogP) is 1.70. The molecular formula is C15H17N3O3. The number of ether oxygens (including phenoxy) is 1. The van der Waals surface area contributed by atoms with Gasteiger partial charge in [0.25, 0.3) is 0 Å². The van der Waals surface area contributed by atoms with Gasteiger partial charge < -0.3 is 10.1 Å². The van der Waals surface area contributed by atoms with E-state index in [1.54, 1.807) is 14.0 Å². The van der Waals surface area contributed by atoms with E-state index in [1.807, 2.05) is 30.3 Å². The van der Waals surface area contributed by atoms with E-state index in [4.69, 9.17) is 0 Å². The van der Waals surface area contributed by atoms with Gasteiger partial charge in [-0.25, -0.2) is 4.79 Å². The third kappa shape index (κ3) is 3.28. The Labute approximate surface area is 122 Å². The summed E-state index contributed by atoms with van der Waals surface area (Å²) >= 11 is 0. The Balaban J connectivity index is 2.19. The van der Waals surface area contributed by atoms with Crippen molar-refractivity contribution in [2.24, 2.45) is 7.05 Å². The van der Waals surface area contributed by atoms with E-state index in [-0.39, 0.29) is 18.0 Å². The van der Waals surface area contributed by atoms with Crippen molar-refractivity contribution >= 4 is 17.6 Å². The van der Waals surface area contributed by atoms with E-state index < -0.39 is 5.97 Å². The van der Waals surface area contributed by atoms with Crippen LogP contribution in [0.25, 0.3) is 0 Å². The van der Waals surface area contributed by atoms with E-state index in [9.17, 15) is 9.59 Å². The van der Waals surface area contributed by atoms with Crippen LogP contribution in [0.2, 0.25) is 0 Å². The fourth-order valence-corrected chi connectivity index (χ4v) is 1.96. The fourth-order valence-electron chi connectivity index (χ4n) is 1.96. The molecule has 6 nitrogen and oxygen atoms in total. The molecule has 1 N–H and O–H groups in total. The van der Waals surface area contributed by atoms with Crippen LogP contribution in [0.15, 0.2) is 30.3 Å². The summed E-state index contributed by atoms with van der Waals surface area (Å²) in [4.78, 5) is 23.8. The van der Waals surface area contributed by atoms with Crippen LogP contribution in [0.3, 0.4) is 0 Å². The number of anilines is 1. The monoisotopic (exact) mass is 287 g/mol. The van der Waals surface area contributed by atoms with Crippen molar-refractivity contribution in [3.05, 3.63) is 47.3 Å². The molecule has 1 aromatic heterocycles. The molecule has 0 atom stereocenters. The van der Waals surface area contributed by atoms with Crippen LogP contribution in [-0.4, -0.2) is 28.8 Å². The lowest BCUT2D eigenvalue weighted by atomic mass is 10.1. The highest BCUT2D eigenvalue weighted by atomic mass is 16.5. The number of carbonyl (C=O) groups is 2. The minimum absolute atomic E-state index is 0.110. The molecule has 0 aliphatic rings. The van der Waals surface area contributed by atoms with Gasteiger partial charge in [0.05, 0.1) is 24.9 Å². The number of rotatable bonds is 4. The van der Waals surface area contributed by atoms with Gasteiger partial charge in [-0.2, -0.15) is 5.10 Å². The molecule has 0 radical (unpaired) electrons. The maximum absolute atomic E-state index is 12.1. The van der Waals surface area contributed by atoms with Crippen LogP contribution >= 0.6 is 0 Å². The summed E-state index contributed by atoms with van der Waals surface area (Å²) in [7, 11) is 2.98. The second kappa shape index (κ2) is 6.21. The van der Waals surface area contributed by atoms with Crippen LogP contribution < -0.4 is 5.32 Å². The molecule has 1 heterocycles. The first kappa shape index (κ1) is 14.8. The number of aromatic nitrogens is 2. The SMILES string of the molecule is COC(=O)c1nn(C)c(C)c1NC(=O)Cc1ccccc1. The Bertz CT molecular complexity index is 662. The molecule has 0 bridgehead atoms. The van der Waals surface area contributed by atoms with Gasteiger partial charge in [-0.3, -0.25) is 9.48 Å². The Morgan fingerprint density at radius 3 is 2.57 bits per heavy atom. The lowest BCUT2D eigenvalue weighted by Crippen LogP contribution is -2.17. The summed E-state index contributed by atoms with van der Waals surface area (Å²) in [5.74, 6) is -0.781. The zero-order chi connectivity index (χ0) is 15.4. The molecule has 0 unspecified atom stereocenters. The number of nitrogens with one attached hydrogen (secondary N) is 1. The summed E-state index contributed by atoms with van der Waals surface area (Å²) in [5, 5.41) is 6.81. The van der Waals surface area contributed by atoms with Gasteiger partial charge in [-0.05, 0) is 12.5 Å². The summed E-state index contributed by atoms with van der Waals surface area (Å²) in [6.07, 6.45) is 0.232. The lowest BCUT2D eigenvalue weighted by molar-refractivity contribution is -0.115. The molecule has 21 heavy (non-hydrogen) atoms. The van der Waals surface area contributed by atoms with Crippen molar-refractivity contribution in [1.29, 1.82) is 0 Å². The highest BCUT2D eigenvalue weighted by Crippen LogP contribution is 2.20. The molecule has 2 aromatic rings. The standard InChI is InChI=1S/C15H17N3O3/c1-10-13(14(15(20)21-3)17-18(10)2)16-12(19)9-11-7-5-4-6-8-11/h4-8H,9H2,1-3H3,(H,16,19). The third-order valence-electron chi connectivity index (χ3n) is 3.18. The summed E-state index contributed by atoms with van der Waals surface area (Å²) in [6, 6.07) is 9.38. The van der Waals surface area contributed by atoms with Gasteiger partial charge in [0.2, 0.25) is 5.91 Å². The molecule has 6 heteroatoms. The van der Waals surface area contributed by atoms with Gasteiger partial charge in [0.15, 0.2) is 5.69 Å². The van der Waals surface area contributed by atoms with E-state index in [2.05, 4.69) is 15.2 Å². The zero-order valence-corrected chi connectivity index (χ0v) is 12.2. The molecule has 0 aliphatic heterocycles. The van der Waals surface area contributed by atoms with Crippen molar-refractivity contribution < 1.29 is 14.3 Å².